The standard InChI is InChI=1S/C9H11NO6S/c1-16-5(12)2-4(11)7(13)8-6(9(14)15)10-3-17-8/h3-4,7,11,13H,2H2,1H3,(H,14,15). The summed E-state index contributed by atoms with van der Waals surface area (Å²) in [4.78, 5) is 25.2. The number of aliphatic hydroxyl groups is 2. The van der Waals surface area contributed by atoms with E-state index in [2.05, 4.69) is 9.72 Å². The van der Waals surface area contributed by atoms with Gasteiger partial charge in [-0.15, -0.1) is 11.3 Å². The summed E-state index contributed by atoms with van der Waals surface area (Å²) in [5, 5.41) is 28.0. The van der Waals surface area contributed by atoms with Crippen molar-refractivity contribution in [1.29, 1.82) is 0 Å². The average Bonchev–Trinajstić information content (AvgIpc) is 2.76. The molecule has 8 heteroatoms. The number of hydrogen-bond acceptors (Lipinski definition) is 7. The minimum atomic E-state index is -1.48. The maximum atomic E-state index is 10.9. The number of ether oxygens (including phenoxy) is 1. The molecular weight excluding hydrogens is 250 g/mol. The van der Waals surface area contributed by atoms with Crippen molar-refractivity contribution in [2.24, 2.45) is 0 Å². The summed E-state index contributed by atoms with van der Waals surface area (Å²) < 4.78 is 4.33. The fourth-order valence-corrected chi connectivity index (χ4v) is 1.99. The van der Waals surface area contributed by atoms with Crippen LogP contribution < -0.4 is 0 Å². The summed E-state index contributed by atoms with van der Waals surface area (Å²) in [5.41, 5.74) is 0.916. The molecular formula is C9H11NO6S. The zero-order valence-electron chi connectivity index (χ0n) is 8.86. The van der Waals surface area contributed by atoms with Gasteiger partial charge >= 0.3 is 11.9 Å². The fraction of sp³-hybridized carbons (Fsp3) is 0.444. The number of aliphatic hydroxyl groups excluding tert-OH is 2. The van der Waals surface area contributed by atoms with E-state index in [0.717, 1.165) is 18.4 Å². The molecule has 1 heterocycles. The second kappa shape index (κ2) is 5.71. The summed E-state index contributed by atoms with van der Waals surface area (Å²) in [7, 11) is 1.15. The molecule has 0 bridgehead atoms. The number of carbonyl (C=O) groups is 2. The Labute approximate surface area is 100 Å². The largest absolute Gasteiger partial charge is 0.476 e. The minimum absolute atomic E-state index is 0.00824. The summed E-state index contributed by atoms with van der Waals surface area (Å²) in [6, 6.07) is 0. The lowest BCUT2D eigenvalue weighted by molar-refractivity contribution is -0.144. The van der Waals surface area contributed by atoms with Crippen LogP contribution >= 0.6 is 11.3 Å². The Balaban J connectivity index is 2.81. The summed E-state index contributed by atoms with van der Waals surface area (Å²) >= 11 is 0.895. The van der Waals surface area contributed by atoms with Crippen molar-refractivity contribution in [3.05, 3.63) is 16.1 Å². The number of esters is 1. The van der Waals surface area contributed by atoms with E-state index in [1.54, 1.807) is 0 Å². The summed E-state index contributed by atoms with van der Waals surface area (Å²) in [6.07, 6.45) is -3.33. The number of carbonyl (C=O) groups excluding carboxylic acids is 1. The van der Waals surface area contributed by atoms with E-state index < -0.39 is 30.6 Å². The third kappa shape index (κ3) is 3.22. The Kier molecular flexibility index (Phi) is 4.55. The average molecular weight is 261 g/mol. The van der Waals surface area contributed by atoms with Crippen LogP contribution in [-0.2, 0) is 9.53 Å². The summed E-state index contributed by atoms with van der Waals surface area (Å²) in [6.45, 7) is 0. The Morgan fingerprint density at radius 2 is 2.18 bits per heavy atom. The van der Waals surface area contributed by atoms with Crippen molar-refractivity contribution in [3.8, 4) is 0 Å². The molecule has 0 spiro atoms. The third-order valence-electron chi connectivity index (χ3n) is 2.03. The zero-order valence-corrected chi connectivity index (χ0v) is 9.68. The number of carboxylic acid groups (broad SMARTS) is 1. The molecule has 17 heavy (non-hydrogen) atoms. The van der Waals surface area contributed by atoms with Crippen LogP contribution in [0.3, 0.4) is 0 Å². The van der Waals surface area contributed by atoms with Gasteiger partial charge in [0.15, 0.2) is 5.69 Å². The molecule has 0 aromatic carbocycles. The highest BCUT2D eigenvalue weighted by Gasteiger charge is 2.28. The maximum absolute atomic E-state index is 10.9. The van der Waals surface area contributed by atoms with Gasteiger partial charge in [-0.05, 0) is 0 Å². The Morgan fingerprint density at radius 1 is 1.53 bits per heavy atom. The van der Waals surface area contributed by atoms with E-state index in [4.69, 9.17) is 5.11 Å². The van der Waals surface area contributed by atoms with Crippen LogP contribution in [-0.4, -0.2) is 45.5 Å². The molecule has 1 aromatic rings. The molecule has 0 aliphatic rings. The maximum Gasteiger partial charge on any atom is 0.355 e. The number of aromatic carboxylic acids is 1. The molecule has 0 amide bonds. The molecule has 94 valence electrons. The first-order chi connectivity index (χ1) is 7.97. The minimum Gasteiger partial charge on any atom is -0.476 e. The van der Waals surface area contributed by atoms with Gasteiger partial charge in [0.1, 0.15) is 6.10 Å². The van der Waals surface area contributed by atoms with Crippen molar-refractivity contribution < 1.29 is 29.6 Å². The van der Waals surface area contributed by atoms with E-state index in [1.807, 2.05) is 0 Å². The van der Waals surface area contributed by atoms with Crippen LogP contribution in [0.5, 0.6) is 0 Å². The predicted molar refractivity (Wildman–Crippen MR) is 56.7 cm³/mol. The van der Waals surface area contributed by atoms with Crippen LogP contribution in [0.15, 0.2) is 5.51 Å². The van der Waals surface area contributed by atoms with E-state index in [9.17, 15) is 19.8 Å². The van der Waals surface area contributed by atoms with Crippen molar-refractivity contribution in [2.45, 2.75) is 18.6 Å². The second-order valence-electron chi connectivity index (χ2n) is 3.16. The van der Waals surface area contributed by atoms with E-state index >= 15 is 0 Å². The van der Waals surface area contributed by atoms with E-state index in [0.29, 0.717) is 0 Å². The van der Waals surface area contributed by atoms with Crippen LogP contribution in [0.25, 0.3) is 0 Å². The van der Waals surface area contributed by atoms with Crippen LogP contribution in [0.1, 0.15) is 27.9 Å². The fourth-order valence-electron chi connectivity index (χ4n) is 1.17. The zero-order chi connectivity index (χ0) is 13.0. The molecule has 2 unspecified atom stereocenters. The molecule has 7 nitrogen and oxygen atoms in total. The highest BCUT2D eigenvalue weighted by Crippen LogP contribution is 2.26. The van der Waals surface area contributed by atoms with Crippen molar-refractivity contribution in [1.82, 2.24) is 4.98 Å². The Bertz CT molecular complexity index is 417. The number of thiazole rings is 1. The van der Waals surface area contributed by atoms with Gasteiger partial charge in [-0.2, -0.15) is 0 Å². The predicted octanol–water partition coefficient (Wildman–Crippen LogP) is -0.201. The van der Waals surface area contributed by atoms with Gasteiger partial charge in [-0.1, -0.05) is 0 Å². The first-order valence-corrected chi connectivity index (χ1v) is 5.45. The van der Waals surface area contributed by atoms with Crippen molar-refractivity contribution >= 4 is 23.3 Å². The molecule has 0 fully saturated rings. The second-order valence-corrected chi connectivity index (χ2v) is 4.05. The van der Waals surface area contributed by atoms with Crippen LogP contribution in [0.4, 0.5) is 0 Å². The van der Waals surface area contributed by atoms with Gasteiger partial charge in [0.25, 0.3) is 0 Å². The van der Waals surface area contributed by atoms with Gasteiger partial charge in [0, 0.05) is 0 Å². The van der Waals surface area contributed by atoms with Crippen LogP contribution in [0.2, 0.25) is 0 Å². The molecule has 2 atom stereocenters. The first kappa shape index (κ1) is 13.6. The SMILES string of the molecule is COC(=O)CC(O)C(O)c1scnc1C(=O)O. The molecule has 0 radical (unpaired) electrons. The quantitative estimate of drug-likeness (QED) is 0.628. The van der Waals surface area contributed by atoms with Gasteiger partial charge in [0.05, 0.1) is 30.0 Å². The number of nitrogens with zero attached hydrogens (tertiary/aromatic N) is 1. The number of hydrogen-bond donors (Lipinski definition) is 3. The van der Waals surface area contributed by atoms with E-state index in [-0.39, 0.29) is 10.6 Å². The van der Waals surface area contributed by atoms with Crippen LogP contribution in [0, 0.1) is 0 Å². The molecule has 3 N–H and O–H groups in total. The summed E-state index contributed by atoms with van der Waals surface area (Å²) in [5.74, 6) is -2.00. The van der Waals surface area contributed by atoms with Gasteiger partial charge in [0.2, 0.25) is 0 Å². The van der Waals surface area contributed by atoms with E-state index in [1.165, 1.54) is 5.51 Å². The van der Waals surface area contributed by atoms with Crippen molar-refractivity contribution in [3.63, 3.8) is 0 Å². The molecule has 1 rings (SSSR count). The lowest BCUT2D eigenvalue weighted by Crippen LogP contribution is -2.23. The highest BCUT2D eigenvalue weighted by molar-refractivity contribution is 7.10. The smallest absolute Gasteiger partial charge is 0.355 e. The third-order valence-corrected chi connectivity index (χ3v) is 2.93. The molecule has 0 saturated carbocycles. The molecule has 0 aliphatic carbocycles. The highest BCUT2D eigenvalue weighted by atomic mass is 32.1. The van der Waals surface area contributed by atoms with Gasteiger partial charge in [-0.3, -0.25) is 4.79 Å². The number of rotatable bonds is 5. The number of carboxylic acids is 1. The molecule has 1 aromatic heterocycles. The molecule has 0 saturated heterocycles. The molecule has 0 aliphatic heterocycles. The number of aromatic nitrogens is 1. The lowest BCUT2D eigenvalue weighted by atomic mass is 10.1. The number of methoxy groups -OCH3 is 1. The Morgan fingerprint density at radius 3 is 2.71 bits per heavy atom. The first-order valence-electron chi connectivity index (χ1n) is 4.57. The Hall–Kier alpha value is -1.51. The monoisotopic (exact) mass is 261 g/mol. The normalized spacial score (nSPS) is 14.1. The van der Waals surface area contributed by atoms with Gasteiger partial charge in [-0.25, -0.2) is 9.78 Å². The van der Waals surface area contributed by atoms with Gasteiger partial charge < -0.3 is 20.1 Å². The topological polar surface area (TPSA) is 117 Å². The lowest BCUT2D eigenvalue weighted by Gasteiger charge is -2.15. The van der Waals surface area contributed by atoms with Crippen molar-refractivity contribution in [2.75, 3.05) is 7.11 Å².